The van der Waals surface area contributed by atoms with Crippen molar-refractivity contribution in [3.63, 3.8) is 0 Å². The van der Waals surface area contributed by atoms with E-state index in [0.717, 1.165) is 48.2 Å². The first-order chi connectivity index (χ1) is 16.2. The first kappa shape index (κ1) is 19.6. The van der Waals surface area contributed by atoms with Gasteiger partial charge >= 0.3 is 0 Å². The van der Waals surface area contributed by atoms with Gasteiger partial charge in [0.15, 0.2) is 5.82 Å². The molecule has 0 saturated heterocycles. The lowest BCUT2D eigenvalue weighted by atomic mass is 10.0. The molecule has 33 heavy (non-hydrogen) atoms. The third-order valence-electron chi connectivity index (χ3n) is 5.92. The van der Waals surface area contributed by atoms with Crippen LogP contribution >= 0.6 is 0 Å². The molecule has 0 atom stereocenters. The molecule has 3 aromatic heterocycles. The van der Waals surface area contributed by atoms with E-state index in [2.05, 4.69) is 35.4 Å². The van der Waals surface area contributed by atoms with Crippen LogP contribution in [0.15, 0.2) is 67.3 Å². The molecule has 2 aliphatic carbocycles. The molecule has 0 aliphatic heterocycles. The molecule has 1 aromatic carbocycles. The fourth-order valence-corrected chi connectivity index (χ4v) is 3.91. The van der Waals surface area contributed by atoms with Crippen molar-refractivity contribution in [3.05, 3.63) is 72.9 Å². The van der Waals surface area contributed by atoms with Crippen LogP contribution in [-0.4, -0.2) is 36.7 Å². The molecular formula is C25H23N7O. The predicted octanol–water partition coefficient (Wildman–Crippen LogP) is 4.56. The van der Waals surface area contributed by atoms with E-state index in [4.69, 9.17) is 0 Å². The van der Waals surface area contributed by atoms with E-state index in [-0.39, 0.29) is 5.91 Å². The number of carbonyl (C=O) groups is 1. The van der Waals surface area contributed by atoms with Gasteiger partial charge in [-0.25, -0.2) is 4.98 Å². The van der Waals surface area contributed by atoms with Crippen LogP contribution in [0.4, 0.5) is 11.5 Å². The Morgan fingerprint density at radius 2 is 1.82 bits per heavy atom. The molecular weight excluding hydrogens is 414 g/mol. The summed E-state index contributed by atoms with van der Waals surface area (Å²) in [4.78, 5) is 22.2. The quantitative estimate of drug-likeness (QED) is 0.440. The third kappa shape index (κ3) is 4.19. The molecule has 4 aromatic rings. The second-order valence-electron chi connectivity index (χ2n) is 8.58. The molecule has 2 fully saturated rings. The van der Waals surface area contributed by atoms with Crippen LogP contribution in [-0.2, 0) is 0 Å². The molecule has 2 N–H and O–H groups in total. The molecule has 6 rings (SSSR count). The highest BCUT2D eigenvalue weighted by Crippen LogP contribution is 2.37. The molecule has 164 valence electrons. The molecule has 0 spiro atoms. The van der Waals surface area contributed by atoms with Gasteiger partial charge in [-0.05, 0) is 67.6 Å². The van der Waals surface area contributed by atoms with Gasteiger partial charge in [0.1, 0.15) is 17.8 Å². The Kier molecular flexibility index (Phi) is 4.83. The molecule has 8 heteroatoms. The summed E-state index contributed by atoms with van der Waals surface area (Å²) in [5, 5.41) is 14.8. The third-order valence-corrected chi connectivity index (χ3v) is 5.92. The van der Waals surface area contributed by atoms with Crippen molar-refractivity contribution in [1.29, 1.82) is 0 Å². The maximum Gasteiger partial charge on any atom is 0.274 e. The normalized spacial score (nSPS) is 15.3. The zero-order valence-electron chi connectivity index (χ0n) is 18.0. The van der Waals surface area contributed by atoms with Crippen LogP contribution in [0.25, 0.3) is 22.5 Å². The van der Waals surface area contributed by atoms with Gasteiger partial charge in [0.2, 0.25) is 0 Å². The maximum atomic E-state index is 13.4. The van der Waals surface area contributed by atoms with Gasteiger partial charge in [0.05, 0.1) is 0 Å². The molecule has 2 aliphatic rings. The average Bonchev–Trinajstić information content (AvgIpc) is 3.79. The number of hydrogen-bond donors (Lipinski definition) is 2. The van der Waals surface area contributed by atoms with Crippen LogP contribution in [0.3, 0.4) is 0 Å². The predicted molar refractivity (Wildman–Crippen MR) is 126 cm³/mol. The van der Waals surface area contributed by atoms with Gasteiger partial charge in [-0.3, -0.25) is 9.78 Å². The largest absolute Gasteiger partial charge is 0.367 e. The van der Waals surface area contributed by atoms with Gasteiger partial charge in [-0.1, -0.05) is 12.1 Å². The monoisotopic (exact) mass is 437 g/mol. The Morgan fingerprint density at radius 1 is 0.970 bits per heavy atom. The highest BCUT2D eigenvalue weighted by atomic mass is 16.1. The van der Waals surface area contributed by atoms with Gasteiger partial charge < -0.3 is 15.2 Å². The number of carbonyl (C=O) groups excluding carboxylic acids is 1. The first-order valence-electron chi connectivity index (χ1n) is 11.2. The number of aromatic nitrogens is 5. The van der Waals surface area contributed by atoms with E-state index in [1.165, 1.54) is 0 Å². The van der Waals surface area contributed by atoms with E-state index in [0.29, 0.717) is 29.3 Å². The second kappa shape index (κ2) is 8.12. The minimum atomic E-state index is -0.262. The summed E-state index contributed by atoms with van der Waals surface area (Å²) < 4.78 is 2.11. The first-order valence-corrected chi connectivity index (χ1v) is 11.2. The molecule has 0 unspecified atom stereocenters. The van der Waals surface area contributed by atoms with E-state index < -0.39 is 0 Å². The number of nitrogens with one attached hydrogen (secondary N) is 2. The van der Waals surface area contributed by atoms with Gasteiger partial charge in [-0.15, -0.1) is 10.2 Å². The minimum absolute atomic E-state index is 0.262. The van der Waals surface area contributed by atoms with E-state index in [9.17, 15) is 4.79 Å². The number of benzene rings is 1. The van der Waals surface area contributed by atoms with Crippen LogP contribution in [0, 0.1) is 0 Å². The topological polar surface area (TPSA) is 97.6 Å². The van der Waals surface area contributed by atoms with Crippen molar-refractivity contribution in [2.75, 3.05) is 10.6 Å². The number of nitrogens with zero attached hydrogens (tertiary/aromatic N) is 5. The van der Waals surface area contributed by atoms with E-state index in [1.807, 2.05) is 48.5 Å². The minimum Gasteiger partial charge on any atom is -0.367 e. The lowest BCUT2D eigenvalue weighted by molar-refractivity contribution is 0.102. The van der Waals surface area contributed by atoms with Crippen molar-refractivity contribution in [3.8, 4) is 22.5 Å². The number of amides is 1. The summed E-state index contributed by atoms with van der Waals surface area (Å²) in [5.74, 6) is 1.27. The molecule has 3 heterocycles. The van der Waals surface area contributed by atoms with Crippen molar-refractivity contribution < 1.29 is 4.79 Å². The van der Waals surface area contributed by atoms with Gasteiger partial charge in [-0.2, -0.15) is 0 Å². The zero-order valence-corrected chi connectivity index (χ0v) is 18.0. The maximum absolute atomic E-state index is 13.4. The Balaban J connectivity index is 1.31. The average molecular weight is 438 g/mol. The number of rotatable bonds is 7. The van der Waals surface area contributed by atoms with Crippen LogP contribution in [0.1, 0.15) is 42.2 Å². The summed E-state index contributed by atoms with van der Waals surface area (Å²) in [7, 11) is 0. The standard InChI is InChI=1S/C25H23N7O/c33-25(29-19-3-1-2-17(14-19)24-31-27-15-32(24)20-6-7-20)23-21(16-10-12-26-13-11-16)8-9-22(30-23)28-18-4-5-18/h1-3,8-15,18,20H,4-7H2,(H,28,30)(H,29,33). The van der Waals surface area contributed by atoms with E-state index in [1.54, 1.807) is 18.7 Å². The highest BCUT2D eigenvalue weighted by Gasteiger charge is 2.27. The van der Waals surface area contributed by atoms with Crippen LogP contribution in [0.2, 0.25) is 0 Å². The second-order valence-corrected chi connectivity index (χ2v) is 8.58. The smallest absolute Gasteiger partial charge is 0.274 e. The zero-order chi connectivity index (χ0) is 22.2. The van der Waals surface area contributed by atoms with Crippen molar-refractivity contribution in [2.45, 2.75) is 37.8 Å². The fourth-order valence-electron chi connectivity index (χ4n) is 3.91. The summed E-state index contributed by atoms with van der Waals surface area (Å²) >= 11 is 0. The summed E-state index contributed by atoms with van der Waals surface area (Å²) in [5.41, 5.74) is 3.64. The Morgan fingerprint density at radius 3 is 2.61 bits per heavy atom. The number of pyridine rings is 2. The summed E-state index contributed by atoms with van der Waals surface area (Å²) in [6.07, 6.45) is 9.77. The van der Waals surface area contributed by atoms with Crippen molar-refractivity contribution in [2.24, 2.45) is 0 Å². The fraction of sp³-hybridized carbons (Fsp3) is 0.240. The molecule has 1 amide bonds. The Hall–Kier alpha value is -4.07. The van der Waals surface area contributed by atoms with Gasteiger partial charge in [0, 0.05) is 41.3 Å². The van der Waals surface area contributed by atoms with Gasteiger partial charge in [0.25, 0.3) is 5.91 Å². The molecule has 0 bridgehead atoms. The lowest BCUT2D eigenvalue weighted by Crippen LogP contribution is -2.16. The summed E-state index contributed by atoms with van der Waals surface area (Å²) in [6.45, 7) is 0. The van der Waals surface area contributed by atoms with Crippen LogP contribution < -0.4 is 10.6 Å². The number of hydrogen-bond acceptors (Lipinski definition) is 6. The Bertz CT molecular complexity index is 1310. The lowest BCUT2D eigenvalue weighted by Gasteiger charge is -2.13. The number of anilines is 2. The summed E-state index contributed by atoms with van der Waals surface area (Å²) in [6, 6.07) is 16.3. The van der Waals surface area contributed by atoms with Crippen molar-refractivity contribution >= 4 is 17.4 Å². The van der Waals surface area contributed by atoms with E-state index >= 15 is 0 Å². The van der Waals surface area contributed by atoms with Crippen LogP contribution in [0.5, 0.6) is 0 Å². The highest BCUT2D eigenvalue weighted by molar-refractivity contribution is 6.07. The Labute approximate surface area is 191 Å². The molecule has 2 saturated carbocycles. The van der Waals surface area contributed by atoms with Crippen molar-refractivity contribution in [1.82, 2.24) is 24.7 Å². The molecule has 0 radical (unpaired) electrons. The molecule has 8 nitrogen and oxygen atoms in total. The SMILES string of the molecule is O=C(Nc1cccc(-c2nncn2C2CC2)c1)c1nc(NC2CC2)ccc1-c1ccncc1.